The lowest BCUT2D eigenvalue weighted by molar-refractivity contribution is -0.123. The summed E-state index contributed by atoms with van der Waals surface area (Å²) in [4.78, 5) is 22.9. The van der Waals surface area contributed by atoms with E-state index < -0.39 is 20.0 Å². The van der Waals surface area contributed by atoms with Crippen molar-refractivity contribution < 1.29 is 28.4 Å². The van der Waals surface area contributed by atoms with Gasteiger partial charge < -0.3 is 21.1 Å². The zero-order chi connectivity index (χ0) is 45.3. The molecule has 9 heteroatoms. The van der Waals surface area contributed by atoms with Crippen molar-refractivity contribution in [3.63, 3.8) is 0 Å². The predicted octanol–water partition coefficient (Wildman–Crippen LogP) is 16.5. The molecule has 0 fully saturated rings. The molecule has 0 saturated heterocycles. The summed E-state index contributed by atoms with van der Waals surface area (Å²) in [5.41, 5.74) is 5.40. The van der Waals surface area contributed by atoms with E-state index in [1.165, 1.54) is 238 Å². The highest BCUT2D eigenvalue weighted by molar-refractivity contribution is 7.47. The Kier molecular flexibility index (Phi) is 49.5. The third-order valence-corrected chi connectivity index (χ3v) is 13.9. The van der Waals surface area contributed by atoms with Crippen LogP contribution in [0.25, 0.3) is 0 Å². The molecule has 5 N–H and O–H groups in total. The molecule has 0 radical (unpaired) electrons. The van der Waals surface area contributed by atoms with Gasteiger partial charge in [-0.25, -0.2) is 4.57 Å². The van der Waals surface area contributed by atoms with Crippen molar-refractivity contribution in [3.05, 3.63) is 0 Å². The predicted molar refractivity (Wildman–Crippen MR) is 268 cm³/mol. The Morgan fingerprint density at radius 3 is 1.03 bits per heavy atom. The number of phosphoric acid groups is 1. The van der Waals surface area contributed by atoms with Crippen molar-refractivity contribution in [2.75, 3.05) is 19.8 Å². The number of aliphatic hydroxyl groups is 1. The smallest absolute Gasteiger partial charge is 0.391 e. The Balaban J connectivity index is 3.87. The topological polar surface area (TPSA) is 131 Å². The summed E-state index contributed by atoms with van der Waals surface area (Å²) in [7, 11) is -4.31. The fourth-order valence-corrected chi connectivity index (χ4v) is 9.55. The van der Waals surface area contributed by atoms with Crippen LogP contribution in [0.5, 0.6) is 0 Å². The summed E-state index contributed by atoms with van der Waals surface area (Å²) in [5.74, 6) is -0.153. The minimum atomic E-state index is -4.31. The van der Waals surface area contributed by atoms with Crippen molar-refractivity contribution >= 4 is 13.7 Å². The van der Waals surface area contributed by atoms with Crippen LogP contribution in [0, 0.1) is 0 Å². The number of phosphoric ester groups is 1. The number of rotatable bonds is 53. The van der Waals surface area contributed by atoms with Crippen molar-refractivity contribution in [1.82, 2.24) is 5.32 Å². The quantitative estimate of drug-likeness (QED) is 0.0353. The number of hydrogen-bond acceptors (Lipinski definition) is 6. The molecule has 1 amide bonds. The van der Waals surface area contributed by atoms with Crippen LogP contribution < -0.4 is 11.1 Å². The number of hydrogen-bond donors (Lipinski definition) is 4. The van der Waals surface area contributed by atoms with E-state index in [0.717, 1.165) is 38.5 Å². The fourth-order valence-electron chi connectivity index (χ4n) is 8.79. The van der Waals surface area contributed by atoms with Gasteiger partial charge in [0.05, 0.1) is 25.4 Å². The van der Waals surface area contributed by atoms with E-state index in [9.17, 15) is 19.4 Å². The van der Waals surface area contributed by atoms with Gasteiger partial charge >= 0.3 is 7.82 Å². The standard InChI is InChI=1S/C53H109N2O6P/c1-3-5-7-9-11-13-15-17-19-20-21-22-23-24-25-26-27-28-29-30-31-33-35-37-39-41-43-45-47-53(57)55-51(50-61-62(58,59)60-49-48-54)52(56)46-44-42-40-38-36-34-32-18-16-14-12-10-8-6-4-2/h51-52,56H,3-50,54H2,1-2H3,(H,55,57)(H,58,59)/t51-,52+/m0/s1. The highest BCUT2D eigenvalue weighted by atomic mass is 31.2. The largest absolute Gasteiger partial charge is 0.472 e. The second-order valence-electron chi connectivity index (χ2n) is 19.2. The molecule has 0 aromatic rings. The van der Waals surface area contributed by atoms with Gasteiger partial charge in [0.1, 0.15) is 0 Å². The second-order valence-corrected chi connectivity index (χ2v) is 20.6. The summed E-state index contributed by atoms with van der Waals surface area (Å²) < 4.78 is 22.3. The van der Waals surface area contributed by atoms with Gasteiger partial charge in [0.15, 0.2) is 0 Å². The van der Waals surface area contributed by atoms with E-state index in [-0.39, 0.29) is 25.7 Å². The number of nitrogens with two attached hydrogens (primary N) is 1. The Labute approximate surface area is 386 Å². The number of amides is 1. The highest BCUT2D eigenvalue weighted by Crippen LogP contribution is 2.43. The Bertz CT molecular complexity index is 942. The maximum Gasteiger partial charge on any atom is 0.472 e. The molecular weight excluding hydrogens is 792 g/mol. The molecule has 0 aromatic carbocycles. The fraction of sp³-hybridized carbons (Fsp3) is 0.981. The van der Waals surface area contributed by atoms with Crippen LogP contribution in [0.2, 0.25) is 0 Å². The first kappa shape index (κ1) is 61.5. The minimum absolute atomic E-state index is 0.0928. The molecule has 0 heterocycles. The van der Waals surface area contributed by atoms with Crippen LogP contribution >= 0.6 is 7.82 Å². The molecule has 0 aliphatic carbocycles. The maximum absolute atomic E-state index is 12.9. The van der Waals surface area contributed by atoms with Gasteiger partial charge in [0.2, 0.25) is 5.91 Å². The highest BCUT2D eigenvalue weighted by Gasteiger charge is 2.27. The first-order valence-corrected chi connectivity index (χ1v) is 29.1. The molecule has 3 atom stereocenters. The normalized spacial score (nSPS) is 13.7. The number of aliphatic hydroxyl groups excluding tert-OH is 1. The van der Waals surface area contributed by atoms with Gasteiger partial charge in [-0.2, -0.15) is 0 Å². The van der Waals surface area contributed by atoms with E-state index in [0.29, 0.717) is 12.8 Å². The molecule has 8 nitrogen and oxygen atoms in total. The van der Waals surface area contributed by atoms with Gasteiger partial charge in [-0.15, -0.1) is 0 Å². The summed E-state index contributed by atoms with van der Waals surface area (Å²) in [6.07, 6.45) is 57.2. The summed E-state index contributed by atoms with van der Waals surface area (Å²) >= 11 is 0. The number of nitrogens with one attached hydrogen (secondary N) is 1. The molecule has 0 bridgehead atoms. The van der Waals surface area contributed by atoms with Crippen LogP contribution in [0.4, 0.5) is 0 Å². The van der Waals surface area contributed by atoms with Crippen LogP contribution in [0.3, 0.4) is 0 Å². The molecule has 372 valence electrons. The average Bonchev–Trinajstić information content (AvgIpc) is 3.26. The van der Waals surface area contributed by atoms with Gasteiger partial charge in [-0.3, -0.25) is 13.8 Å². The molecule has 0 saturated carbocycles. The van der Waals surface area contributed by atoms with Crippen LogP contribution in [0.1, 0.15) is 303 Å². The van der Waals surface area contributed by atoms with Gasteiger partial charge in [0, 0.05) is 13.0 Å². The number of carbonyl (C=O) groups is 1. The molecule has 0 rings (SSSR count). The monoisotopic (exact) mass is 901 g/mol. The van der Waals surface area contributed by atoms with Crippen molar-refractivity contribution in [2.45, 2.75) is 315 Å². The van der Waals surface area contributed by atoms with E-state index in [1.54, 1.807) is 0 Å². The third-order valence-electron chi connectivity index (χ3n) is 13.0. The summed E-state index contributed by atoms with van der Waals surface area (Å²) in [5, 5.41) is 13.9. The van der Waals surface area contributed by atoms with E-state index in [2.05, 4.69) is 19.2 Å². The van der Waals surface area contributed by atoms with Gasteiger partial charge in [0.25, 0.3) is 0 Å². The summed E-state index contributed by atoms with van der Waals surface area (Å²) in [6, 6.07) is -0.769. The number of carbonyl (C=O) groups excluding carboxylic acids is 1. The molecule has 0 aliphatic rings. The Morgan fingerprint density at radius 1 is 0.468 bits per heavy atom. The average molecular weight is 901 g/mol. The molecule has 1 unspecified atom stereocenters. The van der Waals surface area contributed by atoms with Crippen molar-refractivity contribution in [3.8, 4) is 0 Å². The summed E-state index contributed by atoms with van der Waals surface area (Å²) in [6.45, 7) is 4.26. The van der Waals surface area contributed by atoms with Gasteiger partial charge in [-0.1, -0.05) is 284 Å². The Morgan fingerprint density at radius 2 is 0.742 bits per heavy atom. The van der Waals surface area contributed by atoms with E-state index in [4.69, 9.17) is 14.8 Å². The van der Waals surface area contributed by atoms with Crippen LogP contribution in [0.15, 0.2) is 0 Å². The van der Waals surface area contributed by atoms with Gasteiger partial charge in [-0.05, 0) is 12.8 Å². The molecular formula is C53H109N2O6P. The Hall–Kier alpha value is -0.500. The van der Waals surface area contributed by atoms with Crippen molar-refractivity contribution in [2.24, 2.45) is 5.73 Å². The zero-order valence-electron chi connectivity index (χ0n) is 41.6. The zero-order valence-corrected chi connectivity index (χ0v) is 42.5. The lowest BCUT2D eigenvalue weighted by atomic mass is 10.0. The SMILES string of the molecule is CCCCCCCCCCCCCCCCCCCCCCCCCCCCCCC(=O)N[C@@H](COP(=O)(O)OCCN)[C@H](O)CCCCCCCCCCCCCCCCC. The molecule has 0 aromatic heterocycles. The first-order chi connectivity index (χ1) is 30.4. The molecule has 0 aliphatic heterocycles. The third kappa shape index (κ3) is 47.5. The van der Waals surface area contributed by atoms with Crippen molar-refractivity contribution in [1.29, 1.82) is 0 Å². The second kappa shape index (κ2) is 49.9. The lowest BCUT2D eigenvalue weighted by Crippen LogP contribution is -2.46. The lowest BCUT2D eigenvalue weighted by Gasteiger charge is -2.25. The first-order valence-electron chi connectivity index (χ1n) is 27.7. The minimum Gasteiger partial charge on any atom is -0.391 e. The molecule has 62 heavy (non-hydrogen) atoms. The number of unbranched alkanes of at least 4 members (excludes halogenated alkanes) is 41. The van der Waals surface area contributed by atoms with E-state index >= 15 is 0 Å². The van der Waals surface area contributed by atoms with E-state index in [1.807, 2.05) is 0 Å². The van der Waals surface area contributed by atoms with Crippen LogP contribution in [-0.4, -0.2) is 47.8 Å². The van der Waals surface area contributed by atoms with Crippen LogP contribution in [-0.2, 0) is 18.4 Å². The maximum atomic E-state index is 12.9. The molecule has 0 spiro atoms.